The first-order chi connectivity index (χ1) is 9.47. The SMILES string of the molecule is Cc1cccc(CN(C)c2nc(Cl)ccc2C(=O)O)n1. The summed E-state index contributed by atoms with van der Waals surface area (Å²) in [7, 11) is 1.76. The molecule has 0 bridgehead atoms. The van der Waals surface area contributed by atoms with Crippen molar-refractivity contribution in [3.8, 4) is 0 Å². The summed E-state index contributed by atoms with van der Waals surface area (Å²) in [5.41, 5.74) is 1.86. The molecule has 0 aromatic carbocycles. The molecule has 5 nitrogen and oxygen atoms in total. The van der Waals surface area contributed by atoms with Gasteiger partial charge in [-0.05, 0) is 31.2 Å². The van der Waals surface area contributed by atoms with Gasteiger partial charge >= 0.3 is 5.97 Å². The van der Waals surface area contributed by atoms with Crippen LogP contribution in [-0.4, -0.2) is 28.1 Å². The Bertz CT molecular complexity index is 646. The highest BCUT2D eigenvalue weighted by Gasteiger charge is 2.16. The monoisotopic (exact) mass is 291 g/mol. The minimum absolute atomic E-state index is 0.115. The first-order valence-corrected chi connectivity index (χ1v) is 6.38. The van der Waals surface area contributed by atoms with E-state index in [2.05, 4.69) is 9.97 Å². The summed E-state index contributed by atoms with van der Waals surface area (Å²) in [5, 5.41) is 9.45. The van der Waals surface area contributed by atoms with Crippen molar-refractivity contribution in [1.29, 1.82) is 0 Å². The van der Waals surface area contributed by atoms with Crippen molar-refractivity contribution in [2.45, 2.75) is 13.5 Å². The van der Waals surface area contributed by atoms with Crippen LogP contribution in [0.1, 0.15) is 21.7 Å². The van der Waals surface area contributed by atoms with E-state index in [1.807, 2.05) is 25.1 Å². The number of carbonyl (C=O) groups is 1. The van der Waals surface area contributed by atoms with E-state index in [-0.39, 0.29) is 10.7 Å². The fourth-order valence-corrected chi connectivity index (χ4v) is 2.03. The van der Waals surface area contributed by atoms with Crippen LogP contribution in [0, 0.1) is 6.92 Å². The van der Waals surface area contributed by atoms with Gasteiger partial charge in [0.15, 0.2) is 0 Å². The third-order valence-corrected chi connectivity index (χ3v) is 2.99. The maximum Gasteiger partial charge on any atom is 0.339 e. The standard InChI is InChI=1S/C14H14ClN3O2/c1-9-4-3-5-10(16-9)8-18(2)13-11(14(19)20)6-7-12(15)17-13/h3-7H,8H2,1-2H3,(H,19,20). The maximum atomic E-state index is 11.2. The van der Waals surface area contributed by atoms with Crippen LogP contribution in [0.3, 0.4) is 0 Å². The van der Waals surface area contributed by atoms with Gasteiger partial charge in [-0.2, -0.15) is 0 Å². The van der Waals surface area contributed by atoms with Crippen molar-refractivity contribution in [2.75, 3.05) is 11.9 Å². The van der Waals surface area contributed by atoms with Crippen molar-refractivity contribution in [3.63, 3.8) is 0 Å². The number of rotatable bonds is 4. The van der Waals surface area contributed by atoms with Gasteiger partial charge in [0.1, 0.15) is 16.5 Å². The molecule has 2 aromatic rings. The predicted octanol–water partition coefficient (Wildman–Crippen LogP) is 2.77. The van der Waals surface area contributed by atoms with E-state index < -0.39 is 5.97 Å². The number of carboxylic acid groups (broad SMARTS) is 1. The molecule has 2 rings (SSSR count). The van der Waals surface area contributed by atoms with Crippen molar-refractivity contribution < 1.29 is 9.90 Å². The molecule has 0 fully saturated rings. The van der Waals surface area contributed by atoms with Crippen molar-refractivity contribution in [1.82, 2.24) is 9.97 Å². The first kappa shape index (κ1) is 14.3. The summed E-state index contributed by atoms with van der Waals surface area (Å²) in [6.45, 7) is 2.36. The third-order valence-electron chi connectivity index (χ3n) is 2.78. The maximum absolute atomic E-state index is 11.2. The normalized spacial score (nSPS) is 10.3. The van der Waals surface area contributed by atoms with Gasteiger partial charge in [-0.25, -0.2) is 9.78 Å². The zero-order valence-electron chi connectivity index (χ0n) is 11.2. The number of hydrogen-bond donors (Lipinski definition) is 1. The molecule has 6 heteroatoms. The Balaban J connectivity index is 2.31. The fraction of sp³-hybridized carbons (Fsp3) is 0.214. The molecule has 0 saturated heterocycles. The summed E-state index contributed by atoms with van der Waals surface area (Å²) in [6, 6.07) is 8.62. The molecule has 20 heavy (non-hydrogen) atoms. The molecular weight excluding hydrogens is 278 g/mol. The summed E-state index contributed by atoms with van der Waals surface area (Å²) in [6.07, 6.45) is 0. The van der Waals surface area contributed by atoms with Gasteiger partial charge in [0.25, 0.3) is 0 Å². The Kier molecular flexibility index (Phi) is 4.20. The largest absolute Gasteiger partial charge is 0.478 e. The number of carboxylic acids is 1. The Hall–Kier alpha value is -2.14. The third kappa shape index (κ3) is 3.24. The molecular formula is C14H14ClN3O2. The molecule has 1 N–H and O–H groups in total. The lowest BCUT2D eigenvalue weighted by atomic mass is 10.2. The second kappa shape index (κ2) is 5.88. The van der Waals surface area contributed by atoms with Crippen LogP contribution >= 0.6 is 11.6 Å². The highest BCUT2D eigenvalue weighted by Crippen LogP contribution is 2.21. The van der Waals surface area contributed by atoms with E-state index in [0.717, 1.165) is 11.4 Å². The van der Waals surface area contributed by atoms with Crippen LogP contribution in [0.15, 0.2) is 30.3 Å². The Morgan fingerprint density at radius 2 is 2.05 bits per heavy atom. The molecule has 2 heterocycles. The molecule has 0 spiro atoms. The average Bonchev–Trinajstić information content (AvgIpc) is 2.38. The summed E-state index contributed by atoms with van der Waals surface area (Å²) >= 11 is 5.85. The lowest BCUT2D eigenvalue weighted by molar-refractivity contribution is 0.0697. The van der Waals surface area contributed by atoms with Gasteiger partial charge in [0, 0.05) is 12.7 Å². The highest BCUT2D eigenvalue weighted by molar-refractivity contribution is 6.29. The number of nitrogens with zero attached hydrogens (tertiary/aromatic N) is 3. The molecule has 0 unspecified atom stereocenters. The molecule has 0 aliphatic rings. The Morgan fingerprint density at radius 3 is 2.70 bits per heavy atom. The van der Waals surface area contributed by atoms with E-state index in [9.17, 15) is 9.90 Å². The highest BCUT2D eigenvalue weighted by atomic mass is 35.5. The smallest absolute Gasteiger partial charge is 0.339 e. The molecule has 0 aliphatic heterocycles. The molecule has 0 amide bonds. The van der Waals surface area contributed by atoms with Crippen LogP contribution in [0.5, 0.6) is 0 Å². The van der Waals surface area contributed by atoms with Crippen molar-refractivity contribution in [3.05, 3.63) is 52.4 Å². The summed E-state index contributed by atoms with van der Waals surface area (Å²) in [4.78, 5) is 21.4. The number of aryl methyl sites for hydroxylation is 1. The van der Waals surface area contributed by atoms with E-state index in [0.29, 0.717) is 12.4 Å². The zero-order valence-corrected chi connectivity index (χ0v) is 11.9. The molecule has 0 saturated carbocycles. The van der Waals surface area contributed by atoms with Crippen LogP contribution < -0.4 is 4.90 Å². The molecule has 2 aromatic heterocycles. The van der Waals surface area contributed by atoms with E-state index in [1.165, 1.54) is 12.1 Å². The van der Waals surface area contributed by atoms with Crippen LogP contribution in [0.2, 0.25) is 5.15 Å². The first-order valence-electron chi connectivity index (χ1n) is 6.01. The number of halogens is 1. The number of hydrogen-bond acceptors (Lipinski definition) is 4. The lowest BCUT2D eigenvalue weighted by Crippen LogP contribution is -2.21. The summed E-state index contributed by atoms with van der Waals surface area (Å²) < 4.78 is 0. The van der Waals surface area contributed by atoms with Gasteiger partial charge in [0.05, 0.1) is 12.2 Å². The number of aromatic nitrogens is 2. The molecule has 0 aliphatic carbocycles. The van der Waals surface area contributed by atoms with Crippen LogP contribution in [-0.2, 0) is 6.54 Å². The number of pyridine rings is 2. The van der Waals surface area contributed by atoms with Crippen molar-refractivity contribution in [2.24, 2.45) is 0 Å². The van der Waals surface area contributed by atoms with E-state index in [1.54, 1.807) is 11.9 Å². The summed E-state index contributed by atoms with van der Waals surface area (Å²) in [5.74, 6) is -0.707. The Labute approximate surface area is 121 Å². The molecule has 0 atom stereocenters. The minimum Gasteiger partial charge on any atom is -0.478 e. The average molecular weight is 292 g/mol. The quantitative estimate of drug-likeness (QED) is 0.878. The van der Waals surface area contributed by atoms with E-state index >= 15 is 0 Å². The van der Waals surface area contributed by atoms with Gasteiger partial charge in [-0.3, -0.25) is 4.98 Å². The van der Waals surface area contributed by atoms with Gasteiger partial charge < -0.3 is 10.0 Å². The topological polar surface area (TPSA) is 66.3 Å². The second-order valence-electron chi connectivity index (χ2n) is 4.44. The zero-order chi connectivity index (χ0) is 14.7. The second-order valence-corrected chi connectivity index (χ2v) is 4.82. The number of anilines is 1. The Morgan fingerprint density at radius 1 is 1.30 bits per heavy atom. The van der Waals surface area contributed by atoms with Crippen LogP contribution in [0.4, 0.5) is 5.82 Å². The molecule has 104 valence electrons. The van der Waals surface area contributed by atoms with E-state index in [4.69, 9.17) is 11.6 Å². The van der Waals surface area contributed by atoms with Gasteiger partial charge in [0.2, 0.25) is 0 Å². The van der Waals surface area contributed by atoms with Gasteiger partial charge in [-0.15, -0.1) is 0 Å². The fourth-order valence-electron chi connectivity index (χ4n) is 1.89. The lowest BCUT2D eigenvalue weighted by Gasteiger charge is -2.19. The van der Waals surface area contributed by atoms with Crippen LogP contribution in [0.25, 0.3) is 0 Å². The number of aromatic carboxylic acids is 1. The minimum atomic E-state index is -1.03. The van der Waals surface area contributed by atoms with Gasteiger partial charge in [-0.1, -0.05) is 17.7 Å². The molecule has 0 radical (unpaired) electrons. The predicted molar refractivity (Wildman–Crippen MR) is 77.3 cm³/mol. The van der Waals surface area contributed by atoms with Crippen molar-refractivity contribution >= 4 is 23.4 Å².